The van der Waals surface area contributed by atoms with E-state index in [2.05, 4.69) is 55.0 Å². The lowest BCUT2D eigenvalue weighted by Gasteiger charge is -2.19. The third-order valence-corrected chi connectivity index (χ3v) is 3.57. The molecule has 4 heteroatoms. The zero-order valence-corrected chi connectivity index (χ0v) is 15.2. The summed E-state index contributed by atoms with van der Waals surface area (Å²) >= 11 is 3.53. The van der Waals surface area contributed by atoms with E-state index in [0.29, 0.717) is 19.1 Å². The van der Waals surface area contributed by atoms with Crippen LogP contribution in [-0.4, -0.2) is 26.4 Å². The molecule has 0 spiro atoms. The molecule has 0 aliphatic rings. The average molecular weight is 358 g/mol. The van der Waals surface area contributed by atoms with Crippen molar-refractivity contribution in [2.75, 3.05) is 26.4 Å². The Morgan fingerprint density at radius 2 is 1.95 bits per heavy atom. The fourth-order valence-corrected chi connectivity index (χ4v) is 2.37. The van der Waals surface area contributed by atoms with Crippen LogP contribution in [0.4, 0.5) is 0 Å². The molecule has 1 rings (SSSR count). The van der Waals surface area contributed by atoms with Crippen LogP contribution in [0.1, 0.15) is 45.7 Å². The number of hydrogen-bond donors (Lipinski definition) is 1. The van der Waals surface area contributed by atoms with Gasteiger partial charge in [-0.1, -0.05) is 36.7 Å². The standard InChI is InChI=1S/C17H28BrNO2/c1-5-8-19-14(4)16-11-15(18)6-7-17(16)21-10-9-20-12-13(2)3/h6-7,11,13-14,19H,5,8-10,12H2,1-4H3. The summed E-state index contributed by atoms with van der Waals surface area (Å²) < 4.78 is 12.5. The SMILES string of the molecule is CCCNC(C)c1cc(Br)ccc1OCCOCC(C)C. The van der Waals surface area contributed by atoms with E-state index in [1.807, 2.05) is 12.1 Å². The van der Waals surface area contributed by atoms with Gasteiger partial charge in [0.05, 0.1) is 6.61 Å². The number of benzene rings is 1. The highest BCUT2D eigenvalue weighted by Crippen LogP contribution is 2.28. The van der Waals surface area contributed by atoms with Crippen molar-refractivity contribution in [3.05, 3.63) is 28.2 Å². The normalized spacial score (nSPS) is 12.7. The van der Waals surface area contributed by atoms with Crippen LogP contribution in [0, 0.1) is 5.92 Å². The molecule has 120 valence electrons. The lowest BCUT2D eigenvalue weighted by atomic mass is 10.1. The Kier molecular flexibility index (Phi) is 8.97. The summed E-state index contributed by atoms with van der Waals surface area (Å²) in [6, 6.07) is 6.43. The third-order valence-electron chi connectivity index (χ3n) is 3.08. The Balaban J connectivity index is 2.55. The Labute approximate surface area is 137 Å². The van der Waals surface area contributed by atoms with E-state index in [4.69, 9.17) is 9.47 Å². The van der Waals surface area contributed by atoms with Gasteiger partial charge in [-0.25, -0.2) is 0 Å². The molecule has 0 bridgehead atoms. The van der Waals surface area contributed by atoms with Crippen molar-refractivity contribution in [1.29, 1.82) is 0 Å². The highest BCUT2D eigenvalue weighted by atomic mass is 79.9. The van der Waals surface area contributed by atoms with Crippen LogP contribution >= 0.6 is 15.9 Å². The molecule has 1 aromatic rings. The zero-order chi connectivity index (χ0) is 15.7. The molecule has 0 aliphatic heterocycles. The van der Waals surface area contributed by atoms with Crippen molar-refractivity contribution in [2.24, 2.45) is 5.92 Å². The fraction of sp³-hybridized carbons (Fsp3) is 0.647. The molecule has 1 N–H and O–H groups in total. The molecule has 1 aromatic carbocycles. The van der Waals surface area contributed by atoms with E-state index in [9.17, 15) is 0 Å². The Morgan fingerprint density at radius 1 is 1.19 bits per heavy atom. The maximum atomic E-state index is 5.89. The molecule has 0 heterocycles. The molecule has 0 radical (unpaired) electrons. The lowest BCUT2D eigenvalue weighted by Crippen LogP contribution is -2.20. The third kappa shape index (κ3) is 7.30. The molecule has 0 amide bonds. The quantitative estimate of drug-likeness (QED) is 0.622. The second kappa shape index (κ2) is 10.2. The van der Waals surface area contributed by atoms with Gasteiger partial charge in [0.25, 0.3) is 0 Å². The Bertz CT molecular complexity index is 410. The van der Waals surface area contributed by atoms with Gasteiger partial charge < -0.3 is 14.8 Å². The van der Waals surface area contributed by atoms with Crippen molar-refractivity contribution in [3.8, 4) is 5.75 Å². The van der Waals surface area contributed by atoms with Crippen molar-refractivity contribution in [1.82, 2.24) is 5.32 Å². The van der Waals surface area contributed by atoms with Crippen molar-refractivity contribution in [2.45, 2.75) is 40.2 Å². The number of hydrogen-bond acceptors (Lipinski definition) is 3. The minimum Gasteiger partial charge on any atom is -0.491 e. The van der Waals surface area contributed by atoms with Gasteiger partial charge in [-0.15, -0.1) is 0 Å². The summed E-state index contributed by atoms with van der Waals surface area (Å²) in [5, 5.41) is 3.50. The van der Waals surface area contributed by atoms with Gasteiger partial charge in [-0.05, 0) is 44.0 Å². The number of rotatable bonds is 10. The Hall–Kier alpha value is -0.580. The first-order chi connectivity index (χ1) is 10.0. The lowest BCUT2D eigenvalue weighted by molar-refractivity contribution is 0.0815. The maximum Gasteiger partial charge on any atom is 0.124 e. The van der Waals surface area contributed by atoms with E-state index < -0.39 is 0 Å². The predicted molar refractivity (Wildman–Crippen MR) is 92.0 cm³/mol. The molecule has 0 saturated heterocycles. The second-order valence-electron chi connectivity index (χ2n) is 5.68. The van der Waals surface area contributed by atoms with Crippen LogP contribution in [0.2, 0.25) is 0 Å². The van der Waals surface area contributed by atoms with Crippen LogP contribution in [0.5, 0.6) is 5.75 Å². The minimum atomic E-state index is 0.272. The molecule has 1 atom stereocenters. The average Bonchev–Trinajstić information content (AvgIpc) is 2.45. The van der Waals surface area contributed by atoms with E-state index >= 15 is 0 Å². The van der Waals surface area contributed by atoms with Crippen LogP contribution in [-0.2, 0) is 4.74 Å². The summed E-state index contributed by atoms with van der Waals surface area (Å²) in [5.41, 5.74) is 1.18. The monoisotopic (exact) mass is 357 g/mol. The molecule has 0 saturated carbocycles. The van der Waals surface area contributed by atoms with Gasteiger partial charge in [0.2, 0.25) is 0 Å². The van der Waals surface area contributed by atoms with Crippen LogP contribution in [0.25, 0.3) is 0 Å². The molecule has 21 heavy (non-hydrogen) atoms. The van der Waals surface area contributed by atoms with Gasteiger partial charge in [0, 0.05) is 22.7 Å². The molecule has 0 aliphatic carbocycles. The largest absolute Gasteiger partial charge is 0.491 e. The molecular weight excluding hydrogens is 330 g/mol. The van der Waals surface area contributed by atoms with Crippen molar-refractivity contribution >= 4 is 15.9 Å². The molecule has 3 nitrogen and oxygen atoms in total. The van der Waals surface area contributed by atoms with Gasteiger partial charge in [0.15, 0.2) is 0 Å². The first-order valence-electron chi connectivity index (χ1n) is 7.78. The number of ether oxygens (including phenoxy) is 2. The first kappa shape index (κ1) is 18.5. The summed E-state index contributed by atoms with van der Waals surface area (Å²) in [4.78, 5) is 0. The van der Waals surface area contributed by atoms with E-state index in [-0.39, 0.29) is 6.04 Å². The van der Waals surface area contributed by atoms with Crippen molar-refractivity contribution < 1.29 is 9.47 Å². The summed E-state index contributed by atoms with van der Waals surface area (Å²) in [5.74, 6) is 1.49. The zero-order valence-electron chi connectivity index (χ0n) is 13.6. The number of nitrogens with one attached hydrogen (secondary N) is 1. The highest BCUT2D eigenvalue weighted by molar-refractivity contribution is 9.10. The fourth-order valence-electron chi connectivity index (χ4n) is 1.99. The summed E-state index contributed by atoms with van der Waals surface area (Å²) in [6.07, 6.45) is 1.12. The maximum absolute atomic E-state index is 5.89. The van der Waals surface area contributed by atoms with Gasteiger partial charge in [-0.2, -0.15) is 0 Å². The van der Waals surface area contributed by atoms with Crippen LogP contribution in [0.15, 0.2) is 22.7 Å². The molecular formula is C17H28BrNO2. The number of halogens is 1. The predicted octanol–water partition coefficient (Wildman–Crippen LogP) is 4.56. The van der Waals surface area contributed by atoms with E-state index in [1.165, 1.54) is 5.56 Å². The van der Waals surface area contributed by atoms with Gasteiger partial charge in [-0.3, -0.25) is 0 Å². The van der Waals surface area contributed by atoms with Crippen LogP contribution in [0.3, 0.4) is 0 Å². The molecule has 1 unspecified atom stereocenters. The second-order valence-corrected chi connectivity index (χ2v) is 6.59. The van der Waals surface area contributed by atoms with Crippen molar-refractivity contribution in [3.63, 3.8) is 0 Å². The highest BCUT2D eigenvalue weighted by Gasteiger charge is 2.11. The van der Waals surface area contributed by atoms with Gasteiger partial charge in [0.1, 0.15) is 12.4 Å². The smallest absolute Gasteiger partial charge is 0.124 e. The topological polar surface area (TPSA) is 30.5 Å². The first-order valence-corrected chi connectivity index (χ1v) is 8.57. The van der Waals surface area contributed by atoms with E-state index in [1.54, 1.807) is 0 Å². The Morgan fingerprint density at radius 3 is 2.62 bits per heavy atom. The summed E-state index contributed by atoms with van der Waals surface area (Å²) in [7, 11) is 0. The molecule has 0 fully saturated rings. The summed E-state index contributed by atoms with van der Waals surface area (Å²) in [6.45, 7) is 11.6. The van der Waals surface area contributed by atoms with Gasteiger partial charge >= 0.3 is 0 Å². The van der Waals surface area contributed by atoms with Crippen LogP contribution < -0.4 is 10.1 Å². The minimum absolute atomic E-state index is 0.272. The van der Waals surface area contributed by atoms with E-state index in [0.717, 1.165) is 29.8 Å². The molecule has 0 aromatic heterocycles.